The van der Waals surface area contributed by atoms with Crippen LogP contribution in [0.2, 0.25) is 5.02 Å². The van der Waals surface area contributed by atoms with Crippen LogP contribution in [0.5, 0.6) is 0 Å². The molecule has 0 aliphatic heterocycles. The molecule has 1 atom stereocenters. The maximum Gasteiger partial charge on any atom is 0.0638 e. The minimum absolute atomic E-state index is 0.468. The van der Waals surface area contributed by atoms with Gasteiger partial charge in [-0.15, -0.1) is 0 Å². The van der Waals surface area contributed by atoms with Gasteiger partial charge in [0, 0.05) is 11.0 Å². The Labute approximate surface area is 111 Å². The minimum atomic E-state index is 0.468. The molecule has 0 aromatic heterocycles. The molecule has 0 aliphatic carbocycles. The van der Waals surface area contributed by atoms with Gasteiger partial charge >= 0.3 is 0 Å². The molecule has 0 aliphatic rings. The van der Waals surface area contributed by atoms with Gasteiger partial charge in [-0.2, -0.15) is 0 Å². The third-order valence-electron chi connectivity index (χ3n) is 2.73. The number of anilines is 1. The van der Waals surface area contributed by atoms with Crippen LogP contribution in [-0.2, 0) is 0 Å². The van der Waals surface area contributed by atoms with Crippen molar-refractivity contribution in [2.75, 3.05) is 18.4 Å². The SMILES string of the molecule is CC(C)C(CN)CNc1cc(Br)ccc1Cl. The van der Waals surface area contributed by atoms with E-state index in [-0.39, 0.29) is 0 Å². The Morgan fingerprint density at radius 1 is 1.44 bits per heavy atom. The lowest BCUT2D eigenvalue weighted by atomic mass is 9.96. The molecule has 0 saturated heterocycles. The van der Waals surface area contributed by atoms with Gasteiger partial charge in [0.1, 0.15) is 0 Å². The minimum Gasteiger partial charge on any atom is -0.383 e. The van der Waals surface area contributed by atoms with Gasteiger partial charge in [-0.25, -0.2) is 0 Å². The number of rotatable bonds is 5. The predicted octanol–water partition coefficient (Wildman–Crippen LogP) is 3.75. The summed E-state index contributed by atoms with van der Waals surface area (Å²) in [6.45, 7) is 5.91. The fourth-order valence-electron chi connectivity index (χ4n) is 1.47. The summed E-state index contributed by atoms with van der Waals surface area (Å²) in [6.07, 6.45) is 0. The summed E-state index contributed by atoms with van der Waals surface area (Å²) < 4.78 is 1.02. The molecule has 16 heavy (non-hydrogen) atoms. The molecule has 1 unspecified atom stereocenters. The van der Waals surface area contributed by atoms with Gasteiger partial charge in [-0.1, -0.05) is 41.4 Å². The summed E-state index contributed by atoms with van der Waals surface area (Å²) in [5, 5.41) is 4.08. The summed E-state index contributed by atoms with van der Waals surface area (Å²) >= 11 is 9.51. The van der Waals surface area contributed by atoms with Crippen molar-refractivity contribution in [3.05, 3.63) is 27.7 Å². The van der Waals surface area contributed by atoms with Crippen molar-refractivity contribution in [2.24, 2.45) is 17.6 Å². The summed E-state index contributed by atoms with van der Waals surface area (Å²) in [6, 6.07) is 5.79. The highest BCUT2D eigenvalue weighted by Gasteiger charge is 2.11. The van der Waals surface area contributed by atoms with Crippen molar-refractivity contribution >= 4 is 33.2 Å². The molecule has 0 amide bonds. The van der Waals surface area contributed by atoms with E-state index in [0.29, 0.717) is 18.4 Å². The molecule has 0 spiro atoms. The molecule has 0 radical (unpaired) electrons. The first kappa shape index (κ1) is 13.8. The topological polar surface area (TPSA) is 38.0 Å². The molecule has 0 fully saturated rings. The van der Waals surface area contributed by atoms with Crippen molar-refractivity contribution in [2.45, 2.75) is 13.8 Å². The fourth-order valence-corrected chi connectivity index (χ4v) is 2.01. The van der Waals surface area contributed by atoms with Crippen LogP contribution in [0.3, 0.4) is 0 Å². The predicted molar refractivity (Wildman–Crippen MR) is 75.0 cm³/mol. The van der Waals surface area contributed by atoms with Gasteiger partial charge < -0.3 is 11.1 Å². The molecule has 1 aromatic rings. The van der Waals surface area contributed by atoms with E-state index in [9.17, 15) is 0 Å². The van der Waals surface area contributed by atoms with Crippen LogP contribution in [0, 0.1) is 11.8 Å². The van der Waals surface area contributed by atoms with Gasteiger partial charge in [-0.05, 0) is 36.6 Å². The maximum atomic E-state index is 6.09. The Morgan fingerprint density at radius 2 is 2.12 bits per heavy atom. The van der Waals surface area contributed by atoms with Crippen LogP contribution in [0.25, 0.3) is 0 Å². The van der Waals surface area contributed by atoms with Crippen molar-refractivity contribution in [1.82, 2.24) is 0 Å². The van der Waals surface area contributed by atoms with Gasteiger partial charge in [0.05, 0.1) is 10.7 Å². The number of halogens is 2. The van der Waals surface area contributed by atoms with Crippen LogP contribution in [0.4, 0.5) is 5.69 Å². The summed E-state index contributed by atoms with van der Waals surface area (Å²) in [5.74, 6) is 1.04. The van der Waals surface area contributed by atoms with Gasteiger partial charge in [0.2, 0.25) is 0 Å². The number of nitrogens with one attached hydrogen (secondary N) is 1. The monoisotopic (exact) mass is 304 g/mol. The quantitative estimate of drug-likeness (QED) is 0.869. The highest BCUT2D eigenvalue weighted by Crippen LogP contribution is 2.26. The average molecular weight is 306 g/mol. The van der Waals surface area contributed by atoms with E-state index in [1.165, 1.54) is 0 Å². The molecule has 2 nitrogen and oxygen atoms in total. The van der Waals surface area contributed by atoms with Crippen molar-refractivity contribution in [3.63, 3.8) is 0 Å². The van der Waals surface area contributed by atoms with E-state index in [2.05, 4.69) is 35.1 Å². The van der Waals surface area contributed by atoms with E-state index in [0.717, 1.165) is 21.7 Å². The van der Waals surface area contributed by atoms with E-state index in [4.69, 9.17) is 17.3 Å². The van der Waals surface area contributed by atoms with Crippen molar-refractivity contribution in [1.29, 1.82) is 0 Å². The molecule has 1 rings (SSSR count). The zero-order valence-electron chi connectivity index (χ0n) is 9.63. The molecular weight excluding hydrogens is 288 g/mol. The van der Waals surface area contributed by atoms with E-state index in [1.54, 1.807) is 0 Å². The second-order valence-corrected chi connectivity index (χ2v) is 5.57. The van der Waals surface area contributed by atoms with Crippen molar-refractivity contribution in [3.8, 4) is 0 Å². The Morgan fingerprint density at radius 3 is 2.69 bits per heavy atom. The Bertz CT molecular complexity index is 342. The number of hydrogen-bond donors (Lipinski definition) is 2. The first-order chi connectivity index (χ1) is 7.54. The summed E-state index contributed by atoms with van der Waals surface area (Å²) in [5.41, 5.74) is 6.68. The lowest BCUT2D eigenvalue weighted by Gasteiger charge is -2.20. The van der Waals surface area contributed by atoms with Gasteiger partial charge in [-0.3, -0.25) is 0 Å². The standard InChI is InChI=1S/C12H18BrClN2/c1-8(2)9(6-15)7-16-12-5-10(13)3-4-11(12)14/h3-5,8-9,16H,6-7,15H2,1-2H3. The van der Waals surface area contributed by atoms with Crippen molar-refractivity contribution < 1.29 is 0 Å². The number of benzene rings is 1. The maximum absolute atomic E-state index is 6.09. The second-order valence-electron chi connectivity index (χ2n) is 4.24. The molecule has 90 valence electrons. The number of nitrogens with two attached hydrogens (primary N) is 1. The van der Waals surface area contributed by atoms with Crippen LogP contribution in [-0.4, -0.2) is 13.1 Å². The molecule has 4 heteroatoms. The number of hydrogen-bond acceptors (Lipinski definition) is 2. The first-order valence-electron chi connectivity index (χ1n) is 5.43. The highest BCUT2D eigenvalue weighted by atomic mass is 79.9. The van der Waals surface area contributed by atoms with Crippen LogP contribution in [0.15, 0.2) is 22.7 Å². The first-order valence-corrected chi connectivity index (χ1v) is 6.60. The molecule has 0 heterocycles. The van der Waals surface area contributed by atoms with Crippen LogP contribution >= 0.6 is 27.5 Å². The fraction of sp³-hybridized carbons (Fsp3) is 0.500. The summed E-state index contributed by atoms with van der Waals surface area (Å²) in [4.78, 5) is 0. The van der Waals surface area contributed by atoms with Crippen LogP contribution < -0.4 is 11.1 Å². The second kappa shape index (κ2) is 6.48. The average Bonchev–Trinajstić information content (AvgIpc) is 2.23. The van der Waals surface area contributed by atoms with E-state index >= 15 is 0 Å². The third kappa shape index (κ3) is 3.96. The molecule has 3 N–H and O–H groups in total. The van der Waals surface area contributed by atoms with E-state index in [1.807, 2.05) is 18.2 Å². The molecule has 0 bridgehead atoms. The third-order valence-corrected chi connectivity index (χ3v) is 3.55. The lowest BCUT2D eigenvalue weighted by Crippen LogP contribution is -2.27. The smallest absolute Gasteiger partial charge is 0.0638 e. The summed E-state index contributed by atoms with van der Waals surface area (Å²) in [7, 11) is 0. The highest BCUT2D eigenvalue weighted by molar-refractivity contribution is 9.10. The Hall–Kier alpha value is -0.250. The Balaban J connectivity index is 2.63. The van der Waals surface area contributed by atoms with Crippen LogP contribution in [0.1, 0.15) is 13.8 Å². The molecule has 0 saturated carbocycles. The zero-order valence-corrected chi connectivity index (χ0v) is 12.0. The zero-order chi connectivity index (χ0) is 12.1. The molecular formula is C12H18BrClN2. The van der Waals surface area contributed by atoms with Gasteiger partial charge in [0.25, 0.3) is 0 Å². The molecule has 1 aromatic carbocycles. The van der Waals surface area contributed by atoms with E-state index < -0.39 is 0 Å². The largest absolute Gasteiger partial charge is 0.383 e. The lowest BCUT2D eigenvalue weighted by molar-refractivity contribution is 0.413. The Kier molecular flexibility index (Phi) is 5.59. The van der Waals surface area contributed by atoms with Gasteiger partial charge in [0.15, 0.2) is 0 Å². The normalized spacial score (nSPS) is 12.9.